The van der Waals surface area contributed by atoms with E-state index in [9.17, 15) is 22.4 Å². The van der Waals surface area contributed by atoms with Gasteiger partial charge in [0.05, 0.1) is 0 Å². The summed E-state index contributed by atoms with van der Waals surface area (Å²) in [5.41, 5.74) is -1.11. The lowest BCUT2D eigenvalue weighted by atomic mass is 10.1. The largest absolute Gasteiger partial charge is 0.321 e. The van der Waals surface area contributed by atoms with Crippen LogP contribution in [0.5, 0.6) is 0 Å². The van der Waals surface area contributed by atoms with Gasteiger partial charge in [-0.3, -0.25) is 4.79 Å². The summed E-state index contributed by atoms with van der Waals surface area (Å²) in [4.78, 5) is 11.5. The molecule has 3 nitrogen and oxygen atoms in total. The van der Waals surface area contributed by atoms with Crippen LogP contribution >= 0.6 is 0 Å². The van der Waals surface area contributed by atoms with Crippen molar-refractivity contribution in [2.45, 2.75) is 6.92 Å². The Kier molecular flexibility index (Phi) is 4.66. The highest BCUT2D eigenvalue weighted by atomic mass is 19.2. The minimum absolute atomic E-state index is 0.0807. The van der Waals surface area contributed by atoms with Crippen LogP contribution in [0.4, 0.5) is 23.2 Å². The van der Waals surface area contributed by atoms with Gasteiger partial charge in [-0.1, -0.05) is 6.92 Å². The predicted octanol–water partition coefficient (Wildman–Crippen LogP) is 2.04. The molecule has 0 aliphatic carbocycles. The van der Waals surface area contributed by atoms with Crippen molar-refractivity contribution in [3.8, 4) is 0 Å². The first-order valence-corrected chi connectivity index (χ1v) is 5.17. The van der Waals surface area contributed by atoms with Crippen LogP contribution in [0.2, 0.25) is 0 Å². The Balaban J connectivity index is 3.01. The Bertz CT molecular complexity index is 439. The van der Waals surface area contributed by atoms with Crippen molar-refractivity contribution in [1.29, 1.82) is 0 Å². The van der Waals surface area contributed by atoms with E-state index < -0.39 is 40.8 Å². The number of carbonyl (C=O) groups is 1. The monoisotopic (exact) mass is 264 g/mol. The third kappa shape index (κ3) is 2.98. The standard InChI is InChI=1S/C11H12F4N2O/c1-5(4-16-2)11(18)17-10-8(14)6(12)3-7(13)9(10)15/h3,5,16H,4H2,1-2H3,(H,17,18). The molecule has 0 fully saturated rings. The number of rotatable bonds is 4. The molecule has 1 aromatic carbocycles. The van der Waals surface area contributed by atoms with E-state index in [1.165, 1.54) is 6.92 Å². The molecule has 0 saturated heterocycles. The zero-order chi connectivity index (χ0) is 13.9. The van der Waals surface area contributed by atoms with E-state index in [1.807, 2.05) is 5.32 Å². The van der Waals surface area contributed by atoms with Gasteiger partial charge >= 0.3 is 0 Å². The number of benzene rings is 1. The molecule has 0 aliphatic rings. The van der Waals surface area contributed by atoms with E-state index >= 15 is 0 Å². The third-order valence-electron chi connectivity index (χ3n) is 2.32. The Hall–Kier alpha value is -1.63. The lowest BCUT2D eigenvalue weighted by Crippen LogP contribution is -2.29. The fourth-order valence-corrected chi connectivity index (χ4v) is 1.33. The third-order valence-corrected chi connectivity index (χ3v) is 2.32. The van der Waals surface area contributed by atoms with Crippen LogP contribution in [0.25, 0.3) is 0 Å². The molecule has 1 rings (SSSR count). The van der Waals surface area contributed by atoms with Crippen molar-refractivity contribution < 1.29 is 22.4 Å². The normalized spacial score (nSPS) is 12.3. The maximum absolute atomic E-state index is 13.2. The molecule has 0 radical (unpaired) electrons. The average Bonchev–Trinajstić information content (AvgIpc) is 2.32. The highest BCUT2D eigenvalue weighted by Crippen LogP contribution is 2.24. The maximum Gasteiger partial charge on any atom is 0.228 e. The summed E-state index contributed by atoms with van der Waals surface area (Å²) in [7, 11) is 1.59. The van der Waals surface area contributed by atoms with Crippen LogP contribution in [0, 0.1) is 29.2 Å². The topological polar surface area (TPSA) is 41.1 Å². The molecule has 1 aromatic rings. The molecule has 0 aliphatic heterocycles. The average molecular weight is 264 g/mol. The van der Waals surface area contributed by atoms with E-state index in [1.54, 1.807) is 7.05 Å². The number of halogens is 4. The second kappa shape index (κ2) is 5.81. The van der Waals surface area contributed by atoms with Gasteiger partial charge in [0.15, 0.2) is 23.3 Å². The number of anilines is 1. The van der Waals surface area contributed by atoms with Crippen molar-refractivity contribution in [1.82, 2.24) is 5.32 Å². The van der Waals surface area contributed by atoms with E-state index in [-0.39, 0.29) is 12.6 Å². The Morgan fingerprint density at radius 2 is 1.72 bits per heavy atom. The quantitative estimate of drug-likeness (QED) is 0.645. The van der Waals surface area contributed by atoms with Gasteiger partial charge in [-0.05, 0) is 7.05 Å². The molecule has 7 heteroatoms. The van der Waals surface area contributed by atoms with Crippen LogP contribution in [-0.4, -0.2) is 19.5 Å². The summed E-state index contributed by atoms with van der Waals surface area (Å²) in [6.45, 7) is 1.75. The Morgan fingerprint density at radius 3 is 2.17 bits per heavy atom. The molecule has 1 unspecified atom stereocenters. The molecule has 18 heavy (non-hydrogen) atoms. The van der Waals surface area contributed by atoms with E-state index in [0.717, 1.165) is 0 Å². The van der Waals surface area contributed by atoms with Crippen molar-refractivity contribution in [2.75, 3.05) is 18.9 Å². The highest BCUT2D eigenvalue weighted by molar-refractivity contribution is 5.92. The molecule has 0 aromatic heterocycles. The first-order chi connectivity index (χ1) is 8.38. The van der Waals surface area contributed by atoms with Gasteiger partial charge in [-0.25, -0.2) is 17.6 Å². The van der Waals surface area contributed by atoms with Crippen LogP contribution < -0.4 is 10.6 Å². The Labute approximate surface area is 101 Å². The van der Waals surface area contributed by atoms with E-state index in [0.29, 0.717) is 0 Å². The van der Waals surface area contributed by atoms with Gasteiger partial charge in [0.2, 0.25) is 5.91 Å². The van der Waals surface area contributed by atoms with Crippen molar-refractivity contribution >= 4 is 11.6 Å². The summed E-state index contributed by atoms with van der Waals surface area (Å²) in [6.07, 6.45) is 0. The number of amides is 1. The van der Waals surface area contributed by atoms with Gasteiger partial charge in [0.1, 0.15) is 5.69 Å². The SMILES string of the molecule is CNCC(C)C(=O)Nc1c(F)c(F)cc(F)c1F. The van der Waals surface area contributed by atoms with E-state index in [2.05, 4.69) is 5.32 Å². The fourth-order valence-electron chi connectivity index (χ4n) is 1.33. The number of carbonyl (C=O) groups excluding carboxylic acids is 1. The fraction of sp³-hybridized carbons (Fsp3) is 0.364. The first kappa shape index (κ1) is 14.4. The molecular formula is C11H12F4N2O. The summed E-state index contributed by atoms with van der Waals surface area (Å²) < 4.78 is 52.2. The van der Waals surface area contributed by atoms with Crippen molar-refractivity contribution in [3.05, 3.63) is 29.3 Å². The number of hydrogen-bond acceptors (Lipinski definition) is 2. The summed E-state index contributed by atoms with van der Waals surface area (Å²) in [6, 6.07) is 0.0807. The smallest absolute Gasteiger partial charge is 0.228 e. The predicted molar refractivity (Wildman–Crippen MR) is 58.0 cm³/mol. The van der Waals surface area contributed by atoms with Crippen LogP contribution in [0.1, 0.15) is 6.92 Å². The van der Waals surface area contributed by atoms with Gasteiger partial charge in [0, 0.05) is 18.5 Å². The highest BCUT2D eigenvalue weighted by Gasteiger charge is 2.22. The van der Waals surface area contributed by atoms with Gasteiger partial charge in [-0.2, -0.15) is 0 Å². The second-order valence-corrected chi connectivity index (χ2v) is 3.79. The van der Waals surface area contributed by atoms with Crippen molar-refractivity contribution in [3.63, 3.8) is 0 Å². The number of hydrogen-bond donors (Lipinski definition) is 2. The second-order valence-electron chi connectivity index (χ2n) is 3.79. The zero-order valence-corrected chi connectivity index (χ0v) is 9.78. The molecule has 1 amide bonds. The zero-order valence-electron chi connectivity index (χ0n) is 9.78. The molecule has 0 bridgehead atoms. The molecule has 100 valence electrons. The maximum atomic E-state index is 13.2. The lowest BCUT2D eigenvalue weighted by Gasteiger charge is -2.13. The molecule has 2 N–H and O–H groups in total. The summed E-state index contributed by atoms with van der Waals surface area (Å²) in [5.74, 6) is -7.74. The van der Waals surface area contributed by atoms with E-state index in [4.69, 9.17) is 0 Å². The molecule has 1 atom stereocenters. The molecule has 0 heterocycles. The lowest BCUT2D eigenvalue weighted by molar-refractivity contribution is -0.119. The van der Waals surface area contributed by atoms with Crippen LogP contribution in [0.15, 0.2) is 6.07 Å². The van der Waals surface area contributed by atoms with Crippen molar-refractivity contribution in [2.24, 2.45) is 5.92 Å². The molecular weight excluding hydrogens is 252 g/mol. The number of nitrogens with one attached hydrogen (secondary N) is 2. The summed E-state index contributed by atoms with van der Waals surface area (Å²) in [5, 5.41) is 4.53. The first-order valence-electron chi connectivity index (χ1n) is 5.17. The molecule has 0 saturated carbocycles. The summed E-state index contributed by atoms with van der Waals surface area (Å²) >= 11 is 0. The van der Waals surface area contributed by atoms with Crippen LogP contribution in [0.3, 0.4) is 0 Å². The molecule has 0 spiro atoms. The van der Waals surface area contributed by atoms with Gasteiger partial charge < -0.3 is 10.6 Å². The van der Waals surface area contributed by atoms with Crippen LogP contribution in [-0.2, 0) is 4.79 Å². The van der Waals surface area contributed by atoms with Gasteiger partial charge in [0.25, 0.3) is 0 Å². The van der Waals surface area contributed by atoms with Gasteiger partial charge in [-0.15, -0.1) is 0 Å². The Morgan fingerprint density at radius 1 is 1.22 bits per heavy atom. The minimum Gasteiger partial charge on any atom is -0.321 e. The minimum atomic E-state index is -1.63.